The summed E-state index contributed by atoms with van der Waals surface area (Å²) in [6.07, 6.45) is 58.7. The lowest BCUT2D eigenvalue weighted by atomic mass is 10.0. The Bertz CT molecular complexity index is 851. The molecule has 0 aromatic carbocycles. The highest BCUT2D eigenvalue weighted by molar-refractivity contribution is 5.70. The Morgan fingerprint density at radius 2 is 0.714 bits per heavy atom. The highest BCUT2D eigenvalue weighted by Crippen LogP contribution is 2.16. The maximum absolute atomic E-state index is 12.2. The van der Waals surface area contributed by atoms with Crippen LogP contribution in [0.15, 0.2) is 24.3 Å². The molecule has 5 heteroatoms. The number of esters is 2. The molecule has 330 valence electrons. The van der Waals surface area contributed by atoms with Gasteiger partial charge in [0.2, 0.25) is 0 Å². The van der Waals surface area contributed by atoms with Gasteiger partial charge in [0.25, 0.3) is 0 Å². The summed E-state index contributed by atoms with van der Waals surface area (Å²) in [7, 11) is 0. The molecule has 0 aromatic rings. The van der Waals surface area contributed by atoms with Crippen LogP contribution in [-0.2, 0) is 19.1 Å². The summed E-state index contributed by atoms with van der Waals surface area (Å²) in [5.41, 5.74) is 0. The second-order valence-electron chi connectivity index (χ2n) is 16.9. The van der Waals surface area contributed by atoms with Crippen molar-refractivity contribution in [2.45, 2.75) is 277 Å². The van der Waals surface area contributed by atoms with Crippen LogP contribution in [0.4, 0.5) is 0 Å². The van der Waals surface area contributed by atoms with Crippen LogP contribution in [0.5, 0.6) is 0 Å². The van der Waals surface area contributed by atoms with Crippen molar-refractivity contribution < 1.29 is 24.2 Å². The van der Waals surface area contributed by atoms with E-state index in [1.165, 1.54) is 199 Å². The number of carbonyl (C=O) groups excluding carboxylic acids is 2. The molecule has 0 saturated heterocycles. The van der Waals surface area contributed by atoms with Crippen LogP contribution in [0.3, 0.4) is 0 Å². The van der Waals surface area contributed by atoms with Gasteiger partial charge in [-0.05, 0) is 44.9 Å². The fraction of sp³-hybridized carbons (Fsp3) is 0.882. The van der Waals surface area contributed by atoms with Crippen LogP contribution in [-0.4, -0.2) is 36.4 Å². The Morgan fingerprint density at radius 3 is 1.05 bits per heavy atom. The van der Waals surface area contributed by atoms with E-state index in [9.17, 15) is 14.7 Å². The zero-order chi connectivity index (χ0) is 40.7. The first kappa shape index (κ1) is 54.4. The molecule has 0 fully saturated rings. The molecule has 56 heavy (non-hydrogen) atoms. The number of aliphatic hydroxyl groups is 1. The minimum atomic E-state index is -0.764. The van der Waals surface area contributed by atoms with Crippen molar-refractivity contribution in [3.8, 4) is 0 Å². The van der Waals surface area contributed by atoms with Crippen molar-refractivity contribution in [3.05, 3.63) is 24.3 Å². The Balaban J connectivity index is 3.37. The fourth-order valence-corrected chi connectivity index (χ4v) is 7.47. The molecule has 0 heterocycles. The number of carbonyl (C=O) groups is 2. The number of unbranched alkanes of at least 4 members (excludes halogenated alkanes) is 34. The average molecular weight is 789 g/mol. The maximum atomic E-state index is 12.2. The minimum Gasteiger partial charge on any atom is -0.462 e. The second kappa shape index (κ2) is 47.8. The first-order valence-corrected chi connectivity index (χ1v) is 24.9. The number of aliphatic hydroxyl groups excluding tert-OH is 1. The SMILES string of the molecule is CCCCCCC/C=C\C/C=C\CCCCCCCCCCCCCCCCCCCCCCCC(=O)OC(CO)COC(=O)CCCCCCCCCCC. The van der Waals surface area contributed by atoms with Crippen LogP contribution in [0.2, 0.25) is 0 Å². The lowest BCUT2D eigenvalue weighted by Crippen LogP contribution is -2.28. The summed E-state index contributed by atoms with van der Waals surface area (Å²) in [5, 5.41) is 9.56. The third-order valence-electron chi connectivity index (χ3n) is 11.2. The second-order valence-corrected chi connectivity index (χ2v) is 16.9. The Labute approximate surface area is 349 Å². The van der Waals surface area contributed by atoms with Crippen molar-refractivity contribution in [3.63, 3.8) is 0 Å². The molecule has 0 spiro atoms. The third kappa shape index (κ3) is 45.1. The molecule has 0 radical (unpaired) electrons. The average Bonchev–Trinajstić information content (AvgIpc) is 3.20. The molecular weight excluding hydrogens is 693 g/mol. The number of hydrogen-bond donors (Lipinski definition) is 1. The quantitative estimate of drug-likeness (QED) is 0.0378. The molecule has 0 rings (SSSR count). The number of hydrogen-bond acceptors (Lipinski definition) is 5. The standard InChI is InChI=1S/C51H96O5/c1-3-5-7-9-11-13-14-15-16-17-18-19-20-21-22-23-24-25-26-27-28-29-30-31-32-33-34-35-36-38-40-42-44-46-51(54)56-49(47-52)48-55-50(53)45-43-41-39-37-12-10-8-6-4-2/h14-15,17-18,49,52H,3-13,16,19-48H2,1-2H3/b15-14-,18-17-. The van der Waals surface area contributed by atoms with E-state index in [1.54, 1.807) is 0 Å². The molecule has 5 nitrogen and oxygen atoms in total. The van der Waals surface area contributed by atoms with Crippen LogP contribution in [0, 0.1) is 0 Å². The Hall–Kier alpha value is -1.62. The predicted molar refractivity (Wildman–Crippen MR) is 242 cm³/mol. The van der Waals surface area contributed by atoms with Crippen molar-refractivity contribution in [1.29, 1.82) is 0 Å². The van der Waals surface area contributed by atoms with Gasteiger partial charge in [-0.2, -0.15) is 0 Å². The maximum Gasteiger partial charge on any atom is 0.306 e. The summed E-state index contributed by atoms with van der Waals surface area (Å²) < 4.78 is 10.6. The van der Waals surface area contributed by atoms with Gasteiger partial charge in [0.05, 0.1) is 6.61 Å². The monoisotopic (exact) mass is 789 g/mol. The molecular formula is C51H96O5. The van der Waals surface area contributed by atoms with E-state index >= 15 is 0 Å². The molecule has 0 aromatic heterocycles. The van der Waals surface area contributed by atoms with E-state index in [2.05, 4.69) is 38.2 Å². The summed E-state index contributed by atoms with van der Waals surface area (Å²) in [4.78, 5) is 24.2. The van der Waals surface area contributed by atoms with Crippen molar-refractivity contribution in [1.82, 2.24) is 0 Å². The number of rotatable bonds is 46. The first-order valence-electron chi connectivity index (χ1n) is 24.9. The van der Waals surface area contributed by atoms with Gasteiger partial charge in [-0.1, -0.05) is 237 Å². The van der Waals surface area contributed by atoms with Gasteiger partial charge in [-0.15, -0.1) is 0 Å². The van der Waals surface area contributed by atoms with Gasteiger partial charge >= 0.3 is 11.9 Å². The fourth-order valence-electron chi connectivity index (χ4n) is 7.47. The Kier molecular flexibility index (Phi) is 46.4. The zero-order valence-corrected chi connectivity index (χ0v) is 37.7. The first-order chi connectivity index (χ1) is 27.6. The summed E-state index contributed by atoms with van der Waals surface area (Å²) in [5.74, 6) is -0.580. The van der Waals surface area contributed by atoms with Gasteiger partial charge in [0.15, 0.2) is 6.10 Å². The largest absolute Gasteiger partial charge is 0.462 e. The van der Waals surface area contributed by atoms with E-state index in [0.29, 0.717) is 12.8 Å². The lowest BCUT2D eigenvalue weighted by Gasteiger charge is -2.15. The summed E-state index contributed by atoms with van der Waals surface area (Å²) in [6, 6.07) is 0. The van der Waals surface area contributed by atoms with Crippen LogP contribution in [0.1, 0.15) is 271 Å². The normalized spacial score (nSPS) is 12.3. The lowest BCUT2D eigenvalue weighted by molar-refractivity contribution is -0.161. The van der Waals surface area contributed by atoms with E-state index in [4.69, 9.17) is 9.47 Å². The highest BCUT2D eigenvalue weighted by atomic mass is 16.6. The highest BCUT2D eigenvalue weighted by Gasteiger charge is 2.16. The van der Waals surface area contributed by atoms with Gasteiger partial charge in [-0.25, -0.2) is 0 Å². The topological polar surface area (TPSA) is 72.8 Å². The number of allylic oxidation sites excluding steroid dienone is 4. The van der Waals surface area contributed by atoms with E-state index in [1.807, 2.05) is 0 Å². The molecule has 1 atom stereocenters. The van der Waals surface area contributed by atoms with Crippen LogP contribution >= 0.6 is 0 Å². The van der Waals surface area contributed by atoms with Gasteiger partial charge in [0.1, 0.15) is 6.61 Å². The molecule has 0 aliphatic carbocycles. The van der Waals surface area contributed by atoms with E-state index in [-0.39, 0.29) is 25.2 Å². The van der Waals surface area contributed by atoms with Crippen molar-refractivity contribution >= 4 is 11.9 Å². The zero-order valence-electron chi connectivity index (χ0n) is 37.7. The summed E-state index contributed by atoms with van der Waals surface area (Å²) in [6.45, 7) is 4.13. The third-order valence-corrected chi connectivity index (χ3v) is 11.2. The minimum absolute atomic E-state index is 0.0596. The van der Waals surface area contributed by atoms with Gasteiger partial charge in [-0.3, -0.25) is 9.59 Å². The van der Waals surface area contributed by atoms with Crippen molar-refractivity contribution in [2.24, 2.45) is 0 Å². The van der Waals surface area contributed by atoms with Gasteiger partial charge in [0, 0.05) is 12.8 Å². The molecule has 1 N–H and O–H groups in total. The molecule has 0 amide bonds. The smallest absolute Gasteiger partial charge is 0.306 e. The number of ether oxygens (including phenoxy) is 2. The molecule has 0 aliphatic rings. The van der Waals surface area contributed by atoms with Crippen LogP contribution in [0.25, 0.3) is 0 Å². The van der Waals surface area contributed by atoms with Crippen molar-refractivity contribution in [2.75, 3.05) is 13.2 Å². The summed E-state index contributed by atoms with van der Waals surface area (Å²) >= 11 is 0. The molecule has 1 unspecified atom stereocenters. The van der Waals surface area contributed by atoms with E-state index < -0.39 is 6.10 Å². The molecule has 0 aliphatic heterocycles. The van der Waals surface area contributed by atoms with E-state index in [0.717, 1.165) is 44.9 Å². The Morgan fingerprint density at radius 1 is 0.411 bits per heavy atom. The van der Waals surface area contributed by atoms with Gasteiger partial charge < -0.3 is 14.6 Å². The molecule has 0 saturated carbocycles. The van der Waals surface area contributed by atoms with Crippen LogP contribution < -0.4 is 0 Å². The molecule has 0 bridgehead atoms. The predicted octanol–water partition coefficient (Wildman–Crippen LogP) is 16.2.